The van der Waals surface area contributed by atoms with Gasteiger partial charge in [-0.05, 0) is 54.3 Å². The summed E-state index contributed by atoms with van der Waals surface area (Å²) in [6.45, 7) is 5.14. The van der Waals surface area contributed by atoms with Crippen LogP contribution in [0.15, 0.2) is 83.1 Å². The number of hydrogen-bond acceptors (Lipinski definition) is 5. The van der Waals surface area contributed by atoms with Crippen LogP contribution in [0.25, 0.3) is 6.08 Å². The lowest BCUT2D eigenvalue weighted by molar-refractivity contribution is 0.0161. The molecule has 0 bridgehead atoms. The first-order valence-corrected chi connectivity index (χ1v) is 12.2. The second-order valence-electron chi connectivity index (χ2n) is 8.35. The van der Waals surface area contributed by atoms with Crippen molar-refractivity contribution in [2.45, 2.75) is 35.3 Å². The Hall–Kier alpha value is -3.35. The first kappa shape index (κ1) is 22.4. The highest BCUT2D eigenvalue weighted by atomic mass is 32.2. The number of amides is 1. The fourth-order valence-corrected chi connectivity index (χ4v) is 5.23. The number of carbonyl (C=O) groups excluding carboxylic acids is 2. The normalized spacial score (nSPS) is 17.0. The molecular formula is C28H25NO4S. The van der Waals surface area contributed by atoms with Crippen LogP contribution in [-0.2, 0) is 16.0 Å². The van der Waals surface area contributed by atoms with E-state index >= 15 is 0 Å². The van der Waals surface area contributed by atoms with Crippen LogP contribution in [0, 0.1) is 0 Å². The third-order valence-electron chi connectivity index (χ3n) is 6.05. The fraction of sp³-hybridized carbons (Fsp3) is 0.214. The lowest BCUT2D eigenvalue weighted by Gasteiger charge is -2.24. The van der Waals surface area contributed by atoms with Gasteiger partial charge in [0.25, 0.3) is 5.91 Å². The SMILES string of the molecule is C=Cc1ccc(CN2C(=O)c3ccccc3Sc3ccc(C(=O)OCC4CCCO4)cc32)cc1. The number of esters is 1. The van der Waals surface area contributed by atoms with E-state index in [1.165, 1.54) is 11.8 Å². The molecule has 0 spiro atoms. The molecule has 2 aliphatic heterocycles. The van der Waals surface area contributed by atoms with Gasteiger partial charge in [-0.2, -0.15) is 0 Å². The molecular weight excluding hydrogens is 446 g/mol. The van der Waals surface area contributed by atoms with Gasteiger partial charge in [0, 0.05) is 16.4 Å². The number of nitrogens with zero attached hydrogens (tertiary/aromatic N) is 1. The zero-order chi connectivity index (χ0) is 23.5. The summed E-state index contributed by atoms with van der Waals surface area (Å²) < 4.78 is 11.1. The quantitative estimate of drug-likeness (QED) is 0.414. The summed E-state index contributed by atoms with van der Waals surface area (Å²) in [5, 5.41) is 0. The third-order valence-corrected chi connectivity index (χ3v) is 7.19. The third kappa shape index (κ3) is 4.65. The summed E-state index contributed by atoms with van der Waals surface area (Å²) in [4.78, 5) is 30.0. The minimum atomic E-state index is -0.409. The summed E-state index contributed by atoms with van der Waals surface area (Å²) in [5.74, 6) is -0.507. The van der Waals surface area contributed by atoms with Gasteiger partial charge in [0.15, 0.2) is 0 Å². The van der Waals surface area contributed by atoms with Crippen LogP contribution in [0.5, 0.6) is 0 Å². The molecule has 0 radical (unpaired) electrons. The minimum absolute atomic E-state index is 0.0357. The van der Waals surface area contributed by atoms with Gasteiger partial charge in [-0.15, -0.1) is 0 Å². The number of ether oxygens (including phenoxy) is 2. The predicted molar refractivity (Wildman–Crippen MR) is 133 cm³/mol. The van der Waals surface area contributed by atoms with Crippen molar-refractivity contribution in [3.63, 3.8) is 0 Å². The summed E-state index contributed by atoms with van der Waals surface area (Å²) in [6, 6.07) is 21.0. The molecule has 3 aromatic carbocycles. The van der Waals surface area contributed by atoms with Crippen LogP contribution < -0.4 is 4.90 Å². The lowest BCUT2D eigenvalue weighted by atomic mass is 10.1. The van der Waals surface area contributed by atoms with Crippen molar-refractivity contribution in [2.24, 2.45) is 0 Å². The van der Waals surface area contributed by atoms with Crippen LogP contribution in [0.2, 0.25) is 0 Å². The second kappa shape index (κ2) is 9.87. The number of rotatable bonds is 6. The van der Waals surface area contributed by atoms with E-state index in [0.29, 0.717) is 30.0 Å². The molecule has 5 rings (SSSR count). The number of fused-ring (bicyclic) bond motifs is 2. The Balaban J connectivity index is 1.48. The molecule has 6 heteroatoms. The number of anilines is 1. The number of hydrogen-bond donors (Lipinski definition) is 0. The molecule has 0 aliphatic carbocycles. The minimum Gasteiger partial charge on any atom is -0.459 e. The summed E-state index contributed by atoms with van der Waals surface area (Å²) in [5.41, 5.74) is 3.77. The Morgan fingerprint density at radius 3 is 2.71 bits per heavy atom. The van der Waals surface area contributed by atoms with E-state index in [4.69, 9.17) is 9.47 Å². The maximum Gasteiger partial charge on any atom is 0.338 e. The van der Waals surface area contributed by atoms with Crippen molar-refractivity contribution in [1.29, 1.82) is 0 Å². The smallest absolute Gasteiger partial charge is 0.338 e. The van der Waals surface area contributed by atoms with Gasteiger partial charge in [-0.1, -0.05) is 60.8 Å². The van der Waals surface area contributed by atoms with E-state index in [1.54, 1.807) is 23.1 Å². The fourth-order valence-electron chi connectivity index (χ4n) is 4.17. The van der Waals surface area contributed by atoms with Crippen molar-refractivity contribution < 1.29 is 19.1 Å². The summed E-state index contributed by atoms with van der Waals surface area (Å²) in [7, 11) is 0. The highest BCUT2D eigenvalue weighted by molar-refractivity contribution is 7.99. The van der Waals surface area contributed by atoms with Gasteiger partial charge in [0.2, 0.25) is 0 Å². The van der Waals surface area contributed by atoms with Crippen LogP contribution >= 0.6 is 11.8 Å². The molecule has 1 amide bonds. The van der Waals surface area contributed by atoms with Crippen molar-refractivity contribution in [1.82, 2.24) is 0 Å². The van der Waals surface area contributed by atoms with Crippen LogP contribution in [0.4, 0.5) is 5.69 Å². The van der Waals surface area contributed by atoms with E-state index in [1.807, 2.05) is 54.6 Å². The van der Waals surface area contributed by atoms with Gasteiger partial charge in [0.05, 0.1) is 29.5 Å². The highest BCUT2D eigenvalue weighted by Gasteiger charge is 2.28. The largest absolute Gasteiger partial charge is 0.459 e. The summed E-state index contributed by atoms with van der Waals surface area (Å²) >= 11 is 1.53. The Morgan fingerprint density at radius 1 is 1.12 bits per heavy atom. The molecule has 34 heavy (non-hydrogen) atoms. The summed E-state index contributed by atoms with van der Waals surface area (Å²) in [6.07, 6.45) is 3.65. The van der Waals surface area contributed by atoms with Crippen molar-refractivity contribution >= 4 is 35.4 Å². The lowest BCUT2D eigenvalue weighted by Crippen LogP contribution is -2.30. The topological polar surface area (TPSA) is 55.8 Å². The Morgan fingerprint density at radius 2 is 1.94 bits per heavy atom. The van der Waals surface area contributed by atoms with Crippen molar-refractivity contribution in [3.05, 3.63) is 95.6 Å². The molecule has 3 aromatic rings. The molecule has 1 atom stereocenters. The zero-order valence-corrected chi connectivity index (χ0v) is 19.6. The average molecular weight is 472 g/mol. The molecule has 172 valence electrons. The standard InChI is InChI=1S/C28H25NO4S/c1-2-19-9-11-20(12-10-19)17-29-24-16-21(28(31)33-18-22-6-5-15-32-22)13-14-26(24)34-25-8-4-3-7-23(25)27(29)30/h2-4,7-14,16,22H,1,5-6,15,17-18H2. The first-order valence-electron chi connectivity index (χ1n) is 11.4. The van der Waals surface area contributed by atoms with E-state index < -0.39 is 5.97 Å². The van der Waals surface area contributed by atoms with Crippen molar-refractivity contribution in [3.8, 4) is 0 Å². The molecule has 1 fully saturated rings. The Bertz CT molecular complexity index is 1230. The van der Waals surface area contributed by atoms with Crippen LogP contribution in [0.1, 0.15) is 44.7 Å². The second-order valence-corrected chi connectivity index (χ2v) is 9.43. The molecule has 5 nitrogen and oxygen atoms in total. The maximum absolute atomic E-state index is 13.7. The molecule has 2 heterocycles. The van der Waals surface area contributed by atoms with Gasteiger partial charge in [-0.3, -0.25) is 4.79 Å². The first-order chi connectivity index (χ1) is 16.6. The number of benzene rings is 3. The van der Waals surface area contributed by atoms with Crippen molar-refractivity contribution in [2.75, 3.05) is 18.1 Å². The van der Waals surface area contributed by atoms with Gasteiger partial charge in [0.1, 0.15) is 6.61 Å². The zero-order valence-electron chi connectivity index (χ0n) is 18.7. The molecule has 0 saturated carbocycles. The molecule has 2 aliphatic rings. The molecule has 0 N–H and O–H groups in total. The average Bonchev–Trinajstić information content (AvgIpc) is 3.37. The van der Waals surface area contributed by atoms with Gasteiger partial charge < -0.3 is 14.4 Å². The van der Waals surface area contributed by atoms with E-state index in [0.717, 1.165) is 33.8 Å². The monoisotopic (exact) mass is 471 g/mol. The van der Waals surface area contributed by atoms with Gasteiger partial charge in [-0.25, -0.2) is 4.79 Å². The molecule has 1 saturated heterocycles. The van der Waals surface area contributed by atoms with Crippen LogP contribution in [0.3, 0.4) is 0 Å². The maximum atomic E-state index is 13.7. The van der Waals surface area contributed by atoms with E-state index in [9.17, 15) is 9.59 Å². The highest BCUT2D eigenvalue weighted by Crippen LogP contribution is 2.42. The van der Waals surface area contributed by atoms with E-state index in [-0.39, 0.29) is 18.6 Å². The molecule has 0 aromatic heterocycles. The predicted octanol–water partition coefficient (Wildman–Crippen LogP) is 5.98. The van der Waals surface area contributed by atoms with E-state index in [2.05, 4.69) is 6.58 Å². The van der Waals surface area contributed by atoms with Gasteiger partial charge >= 0.3 is 5.97 Å². The Kier molecular flexibility index (Phi) is 6.52. The Labute approximate surface area is 203 Å². The number of carbonyl (C=O) groups is 2. The van der Waals surface area contributed by atoms with Crippen LogP contribution in [-0.4, -0.2) is 31.2 Å². The molecule has 1 unspecified atom stereocenters.